The van der Waals surface area contributed by atoms with Crippen molar-refractivity contribution in [1.29, 1.82) is 0 Å². The molecule has 2 nitrogen and oxygen atoms in total. The monoisotopic (exact) mass is 290 g/mol. The first kappa shape index (κ1) is 8.66. The number of nitrogens with one attached hydrogen (secondary N) is 1. The largest absolute Gasteiger partial charge is 0.310 e. The molecule has 1 saturated heterocycles. The maximum absolute atomic E-state index is 4.06. The van der Waals surface area contributed by atoms with Crippen LogP contribution in [0.4, 0.5) is 0 Å². The quantitative estimate of drug-likeness (QED) is 0.860. The summed E-state index contributed by atoms with van der Waals surface area (Å²) in [6.45, 7) is 1.12. The Hall–Kier alpha value is 0.0700. The van der Waals surface area contributed by atoms with Gasteiger partial charge in [0.15, 0.2) is 0 Å². The first-order valence-corrected chi connectivity index (χ1v) is 5.40. The summed E-state index contributed by atoms with van der Waals surface area (Å²) >= 11 is 6.98. The van der Waals surface area contributed by atoms with E-state index in [1.807, 2.05) is 12.4 Å². The summed E-state index contributed by atoms with van der Waals surface area (Å²) in [5.41, 5.74) is 1.29. The van der Waals surface area contributed by atoms with Gasteiger partial charge in [0.05, 0.1) is 0 Å². The summed E-state index contributed by atoms with van der Waals surface area (Å²) in [5.74, 6) is 0. The van der Waals surface area contributed by atoms with Crippen LogP contribution in [0.2, 0.25) is 0 Å². The lowest BCUT2D eigenvalue weighted by Gasteiger charge is -2.29. The maximum Gasteiger partial charge on any atom is 0.0417 e. The molecule has 1 fully saturated rings. The predicted molar refractivity (Wildman–Crippen MR) is 55.0 cm³/mol. The third-order valence-electron chi connectivity index (χ3n) is 2.06. The van der Waals surface area contributed by atoms with Crippen LogP contribution in [-0.2, 0) is 0 Å². The number of aromatic nitrogens is 1. The van der Waals surface area contributed by atoms with Crippen molar-refractivity contribution < 1.29 is 0 Å². The van der Waals surface area contributed by atoms with Crippen molar-refractivity contribution in [1.82, 2.24) is 10.3 Å². The Morgan fingerprint density at radius 1 is 1.33 bits per heavy atom. The second-order valence-corrected chi connectivity index (χ2v) is 4.52. The third-order valence-corrected chi connectivity index (χ3v) is 3.33. The van der Waals surface area contributed by atoms with Gasteiger partial charge in [-0.05, 0) is 44.8 Å². The zero-order valence-corrected chi connectivity index (χ0v) is 9.52. The molecule has 64 valence electrons. The zero-order chi connectivity index (χ0) is 8.55. The van der Waals surface area contributed by atoms with E-state index in [0.717, 1.165) is 15.5 Å². The van der Waals surface area contributed by atoms with Crippen molar-refractivity contribution in [3.63, 3.8) is 0 Å². The number of hydrogen-bond donors (Lipinski definition) is 1. The van der Waals surface area contributed by atoms with Crippen LogP contribution >= 0.6 is 31.9 Å². The molecule has 1 N–H and O–H groups in total. The molecule has 1 aliphatic heterocycles. The fraction of sp³-hybridized carbons (Fsp3) is 0.375. The average molecular weight is 292 g/mol. The average Bonchev–Trinajstić information content (AvgIpc) is 1.93. The van der Waals surface area contributed by atoms with E-state index in [1.54, 1.807) is 0 Å². The normalized spacial score (nSPS) is 22.0. The standard InChI is InChI=1S/C8H8Br2N2/c9-5-3-11-4-6(10)8(5)7-1-2-12-7/h3-4,7,12H,1-2H2/t7-/m0/s1. The first-order valence-electron chi connectivity index (χ1n) is 3.81. The van der Waals surface area contributed by atoms with Crippen LogP contribution in [-0.4, -0.2) is 11.5 Å². The highest BCUT2D eigenvalue weighted by molar-refractivity contribution is 9.11. The van der Waals surface area contributed by atoms with Crippen molar-refractivity contribution in [2.75, 3.05) is 6.54 Å². The van der Waals surface area contributed by atoms with E-state index in [-0.39, 0.29) is 0 Å². The van der Waals surface area contributed by atoms with E-state index in [1.165, 1.54) is 12.0 Å². The summed E-state index contributed by atoms with van der Waals surface area (Å²) < 4.78 is 2.16. The topological polar surface area (TPSA) is 24.9 Å². The summed E-state index contributed by atoms with van der Waals surface area (Å²) in [6, 6.07) is 0.497. The number of halogens is 2. The summed E-state index contributed by atoms with van der Waals surface area (Å²) in [7, 11) is 0. The molecule has 0 amide bonds. The molecule has 0 unspecified atom stereocenters. The number of nitrogens with zero attached hydrogens (tertiary/aromatic N) is 1. The van der Waals surface area contributed by atoms with Crippen LogP contribution in [0.3, 0.4) is 0 Å². The van der Waals surface area contributed by atoms with Crippen molar-refractivity contribution >= 4 is 31.9 Å². The van der Waals surface area contributed by atoms with Crippen LogP contribution in [0.1, 0.15) is 18.0 Å². The van der Waals surface area contributed by atoms with Crippen LogP contribution in [0, 0.1) is 0 Å². The molecule has 0 spiro atoms. The maximum atomic E-state index is 4.06. The SMILES string of the molecule is Brc1cncc(Br)c1[C@@H]1CCN1. The van der Waals surface area contributed by atoms with Gasteiger partial charge in [-0.2, -0.15) is 0 Å². The number of hydrogen-bond acceptors (Lipinski definition) is 2. The minimum Gasteiger partial charge on any atom is -0.310 e. The van der Waals surface area contributed by atoms with E-state index >= 15 is 0 Å². The second kappa shape index (κ2) is 3.44. The fourth-order valence-corrected chi connectivity index (χ4v) is 2.77. The molecule has 0 saturated carbocycles. The smallest absolute Gasteiger partial charge is 0.0417 e. The highest BCUT2D eigenvalue weighted by Gasteiger charge is 2.22. The molecule has 0 bridgehead atoms. The molecule has 1 aromatic rings. The van der Waals surface area contributed by atoms with Crippen LogP contribution in [0.25, 0.3) is 0 Å². The van der Waals surface area contributed by atoms with Crippen LogP contribution in [0.15, 0.2) is 21.3 Å². The van der Waals surface area contributed by atoms with Gasteiger partial charge in [0.1, 0.15) is 0 Å². The van der Waals surface area contributed by atoms with E-state index in [9.17, 15) is 0 Å². The minimum absolute atomic E-state index is 0.497. The van der Waals surface area contributed by atoms with Crippen LogP contribution in [0.5, 0.6) is 0 Å². The number of rotatable bonds is 1. The molecular formula is C8H8Br2N2. The Balaban J connectivity index is 2.39. The molecule has 0 aliphatic carbocycles. The van der Waals surface area contributed by atoms with Gasteiger partial charge in [0.2, 0.25) is 0 Å². The van der Waals surface area contributed by atoms with Crippen molar-refractivity contribution in [2.45, 2.75) is 12.5 Å². The second-order valence-electron chi connectivity index (χ2n) is 2.81. The lowest BCUT2D eigenvalue weighted by Crippen LogP contribution is -2.35. The van der Waals surface area contributed by atoms with Crippen LogP contribution < -0.4 is 5.32 Å². The van der Waals surface area contributed by atoms with Gasteiger partial charge < -0.3 is 5.32 Å². The van der Waals surface area contributed by atoms with Gasteiger partial charge in [0.25, 0.3) is 0 Å². The van der Waals surface area contributed by atoms with Gasteiger partial charge in [-0.15, -0.1) is 0 Å². The summed E-state index contributed by atoms with van der Waals surface area (Å²) in [6.07, 6.45) is 4.88. The summed E-state index contributed by atoms with van der Waals surface area (Å²) in [5, 5.41) is 3.36. The summed E-state index contributed by atoms with van der Waals surface area (Å²) in [4.78, 5) is 4.06. The van der Waals surface area contributed by atoms with Gasteiger partial charge in [-0.1, -0.05) is 0 Å². The zero-order valence-electron chi connectivity index (χ0n) is 6.35. The van der Waals surface area contributed by atoms with Gasteiger partial charge in [0, 0.05) is 32.9 Å². The highest BCUT2D eigenvalue weighted by Crippen LogP contribution is 2.34. The lowest BCUT2D eigenvalue weighted by atomic mass is 9.99. The van der Waals surface area contributed by atoms with E-state index in [4.69, 9.17) is 0 Å². The number of pyridine rings is 1. The Morgan fingerprint density at radius 2 is 1.92 bits per heavy atom. The van der Waals surface area contributed by atoms with Gasteiger partial charge >= 0.3 is 0 Å². The Labute approximate surface area is 88.0 Å². The molecule has 4 heteroatoms. The van der Waals surface area contributed by atoms with Crippen molar-refractivity contribution in [3.8, 4) is 0 Å². The molecular weight excluding hydrogens is 284 g/mol. The molecule has 1 atom stereocenters. The minimum atomic E-state index is 0.497. The molecule has 2 heterocycles. The van der Waals surface area contributed by atoms with E-state index < -0.39 is 0 Å². The van der Waals surface area contributed by atoms with Crippen molar-refractivity contribution in [2.24, 2.45) is 0 Å². The molecule has 2 rings (SSSR count). The Morgan fingerprint density at radius 3 is 2.33 bits per heavy atom. The highest BCUT2D eigenvalue weighted by atomic mass is 79.9. The van der Waals surface area contributed by atoms with Crippen molar-refractivity contribution in [3.05, 3.63) is 26.9 Å². The third kappa shape index (κ3) is 1.43. The molecule has 12 heavy (non-hydrogen) atoms. The molecule has 0 radical (unpaired) electrons. The Kier molecular flexibility index (Phi) is 2.48. The Bertz CT molecular complexity index is 277. The van der Waals surface area contributed by atoms with E-state index in [0.29, 0.717) is 6.04 Å². The van der Waals surface area contributed by atoms with E-state index in [2.05, 4.69) is 42.2 Å². The fourth-order valence-electron chi connectivity index (χ4n) is 1.29. The first-order chi connectivity index (χ1) is 5.79. The molecule has 1 aromatic heterocycles. The van der Waals surface area contributed by atoms with Gasteiger partial charge in [-0.25, -0.2) is 0 Å². The molecule has 1 aliphatic rings. The van der Waals surface area contributed by atoms with Gasteiger partial charge in [-0.3, -0.25) is 4.98 Å². The lowest BCUT2D eigenvalue weighted by molar-refractivity contribution is 0.380. The predicted octanol–water partition coefficient (Wildman–Crippen LogP) is 2.64. The molecule has 0 aromatic carbocycles.